The average molecular weight is 444 g/mol. The van der Waals surface area contributed by atoms with E-state index in [9.17, 15) is 0 Å². The van der Waals surface area contributed by atoms with Crippen molar-refractivity contribution in [2.24, 2.45) is 0 Å². The highest BCUT2D eigenvalue weighted by Crippen LogP contribution is 2.38. The van der Waals surface area contributed by atoms with Gasteiger partial charge in [0.05, 0.1) is 37.5 Å². The number of piperazine rings is 1. The number of nitrogens with one attached hydrogen (secondary N) is 1. The number of aryl methyl sites for hydroxylation is 1. The number of hydrogen-bond acceptors (Lipinski definition) is 7. The molecule has 0 spiro atoms. The first kappa shape index (κ1) is 21.6. The number of hydrogen-bond donors (Lipinski definition) is 1. The monoisotopic (exact) mass is 443 g/mol. The van der Waals surface area contributed by atoms with Crippen molar-refractivity contribution >= 4 is 16.6 Å². The summed E-state index contributed by atoms with van der Waals surface area (Å²) in [5, 5.41) is 15.0. The smallest absolute Gasteiger partial charge is 0.318 e. The number of ether oxygens (including phenoxy) is 2. The van der Waals surface area contributed by atoms with Gasteiger partial charge < -0.3 is 19.7 Å². The Morgan fingerprint density at radius 1 is 1.24 bits per heavy atom. The predicted octanol–water partition coefficient (Wildman–Crippen LogP) is 3.84. The molecule has 2 atom stereocenters. The molecule has 33 heavy (non-hydrogen) atoms. The van der Waals surface area contributed by atoms with Crippen molar-refractivity contribution in [3.8, 4) is 12.1 Å². The first-order chi connectivity index (χ1) is 16.2. The molecule has 3 aromatic rings. The normalized spacial score (nSPS) is 20.3. The third-order valence-electron chi connectivity index (χ3n) is 6.52. The number of rotatable bonds is 5. The van der Waals surface area contributed by atoms with Crippen LogP contribution in [0.1, 0.15) is 41.8 Å². The van der Waals surface area contributed by atoms with Crippen molar-refractivity contribution in [1.29, 1.82) is 5.26 Å². The van der Waals surface area contributed by atoms with Crippen molar-refractivity contribution in [2.75, 3.05) is 31.1 Å². The van der Waals surface area contributed by atoms with Crippen LogP contribution in [0.15, 0.2) is 36.4 Å². The molecule has 3 heterocycles. The van der Waals surface area contributed by atoms with Crippen LogP contribution in [0.25, 0.3) is 10.8 Å². The van der Waals surface area contributed by atoms with Gasteiger partial charge in [-0.05, 0) is 35.7 Å². The minimum atomic E-state index is -0.0751. The van der Waals surface area contributed by atoms with Gasteiger partial charge in [0.15, 0.2) is 0 Å². The van der Waals surface area contributed by atoms with Gasteiger partial charge in [-0.15, -0.1) is 0 Å². The topological polar surface area (TPSA) is 83.3 Å². The second-order valence-corrected chi connectivity index (χ2v) is 8.67. The van der Waals surface area contributed by atoms with Gasteiger partial charge in [0, 0.05) is 37.7 Å². The SMILES string of the molecule is CCOc1nc2c(c(N3CCN[C@@H](CC#N)C3)n1)COC(c1cccc3cccc(C)c13)C2. The lowest BCUT2D eigenvalue weighted by Gasteiger charge is -2.36. The highest BCUT2D eigenvalue weighted by atomic mass is 16.5. The summed E-state index contributed by atoms with van der Waals surface area (Å²) in [6, 6.07) is 15.6. The van der Waals surface area contributed by atoms with Gasteiger partial charge in [0.2, 0.25) is 0 Å². The van der Waals surface area contributed by atoms with Crippen LogP contribution in [0, 0.1) is 18.3 Å². The maximum absolute atomic E-state index is 9.14. The van der Waals surface area contributed by atoms with E-state index in [1.807, 2.05) is 6.92 Å². The van der Waals surface area contributed by atoms with E-state index in [-0.39, 0.29) is 12.1 Å². The summed E-state index contributed by atoms with van der Waals surface area (Å²) in [4.78, 5) is 11.8. The fourth-order valence-corrected chi connectivity index (χ4v) is 4.98. The van der Waals surface area contributed by atoms with E-state index in [1.165, 1.54) is 21.9 Å². The average Bonchev–Trinajstić information content (AvgIpc) is 2.84. The van der Waals surface area contributed by atoms with Crippen LogP contribution >= 0.6 is 0 Å². The summed E-state index contributed by atoms with van der Waals surface area (Å²) in [5.41, 5.74) is 4.47. The Balaban J connectivity index is 1.51. The zero-order valence-electron chi connectivity index (χ0n) is 19.2. The minimum Gasteiger partial charge on any atom is -0.464 e. The van der Waals surface area contributed by atoms with Crippen molar-refractivity contribution in [3.05, 3.63) is 58.8 Å². The van der Waals surface area contributed by atoms with E-state index in [0.717, 1.165) is 36.7 Å². The molecule has 0 saturated carbocycles. The van der Waals surface area contributed by atoms with E-state index in [1.54, 1.807) is 0 Å². The molecule has 1 fully saturated rings. The van der Waals surface area contributed by atoms with Crippen LogP contribution < -0.4 is 15.0 Å². The summed E-state index contributed by atoms with van der Waals surface area (Å²) in [6.07, 6.45) is 1.07. The molecular weight excluding hydrogens is 414 g/mol. The molecule has 2 aliphatic rings. The highest BCUT2D eigenvalue weighted by Gasteiger charge is 2.31. The largest absolute Gasteiger partial charge is 0.464 e. The summed E-state index contributed by atoms with van der Waals surface area (Å²) in [5.74, 6) is 0.875. The molecule has 1 N–H and O–H groups in total. The molecule has 1 unspecified atom stereocenters. The van der Waals surface area contributed by atoms with Gasteiger partial charge in [-0.25, -0.2) is 0 Å². The molecule has 0 amide bonds. The number of benzene rings is 2. The maximum Gasteiger partial charge on any atom is 0.318 e. The zero-order valence-corrected chi connectivity index (χ0v) is 19.2. The second-order valence-electron chi connectivity index (χ2n) is 8.67. The second kappa shape index (κ2) is 9.34. The Labute approximate surface area is 194 Å². The van der Waals surface area contributed by atoms with Gasteiger partial charge in [0.25, 0.3) is 0 Å². The third-order valence-corrected chi connectivity index (χ3v) is 6.52. The Hall–Kier alpha value is -3.21. The minimum absolute atomic E-state index is 0.0751. The molecule has 170 valence electrons. The lowest BCUT2D eigenvalue weighted by molar-refractivity contribution is 0.0266. The van der Waals surface area contributed by atoms with Crippen molar-refractivity contribution in [2.45, 2.75) is 45.4 Å². The fraction of sp³-hybridized carbons (Fsp3) is 0.423. The molecule has 0 bridgehead atoms. The lowest BCUT2D eigenvalue weighted by atomic mass is 9.92. The van der Waals surface area contributed by atoms with Crippen molar-refractivity contribution in [3.63, 3.8) is 0 Å². The van der Waals surface area contributed by atoms with E-state index < -0.39 is 0 Å². The number of nitrogens with zero attached hydrogens (tertiary/aromatic N) is 4. The Morgan fingerprint density at radius 3 is 2.91 bits per heavy atom. The number of nitriles is 1. The van der Waals surface area contributed by atoms with Gasteiger partial charge in [-0.1, -0.05) is 36.4 Å². The molecule has 2 aromatic carbocycles. The van der Waals surface area contributed by atoms with Crippen LogP contribution in [0.4, 0.5) is 5.82 Å². The molecule has 2 aliphatic heterocycles. The summed E-state index contributed by atoms with van der Waals surface area (Å²) in [7, 11) is 0. The van der Waals surface area contributed by atoms with Crippen molar-refractivity contribution < 1.29 is 9.47 Å². The predicted molar refractivity (Wildman–Crippen MR) is 127 cm³/mol. The van der Waals surface area contributed by atoms with Gasteiger partial charge in [0.1, 0.15) is 5.82 Å². The Bertz CT molecular complexity index is 1200. The van der Waals surface area contributed by atoms with Crippen LogP contribution in [-0.4, -0.2) is 42.3 Å². The first-order valence-corrected chi connectivity index (χ1v) is 11.7. The summed E-state index contributed by atoms with van der Waals surface area (Å²) < 4.78 is 12.2. The molecule has 1 aromatic heterocycles. The molecule has 7 nitrogen and oxygen atoms in total. The fourth-order valence-electron chi connectivity index (χ4n) is 4.98. The third kappa shape index (κ3) is 4.24. The van der Waals surface area contributed by atoms with Gasteiger partial charge >= 0.3 is 6.01 Å². The van der Waals surface area contributed by atoms with Crippen LogP contribution in [-0.2, 0) is 17.8 Å². The van der Waals surface area contributed by atoms with E-state index >= 15 is 0 Å². The zero-order chi connectivity index (χ0) is 22.8. The maximum atomic E-state index is 9.14. The molecule has 5 rings (SSSR count). The molecule has 7 heteroatoms. The highest BCUT2D eigenvalue weighted by molar-refractivity contribution is 5.89. The molecule has 1 saturated heterocycles. The standard InChI is InChI=1S/C26H29N5O2/c1-3-32-26-29-22-14-23(20-9-5-8-18-7-4-6-17(2)24(18)20)33-16-21(22)25(30-26)31-13-12-28-19(15-31)10-11-27/h4-9,19,23,28H,3,10,12-16H2,1-2H3/t19-,23?/m0/s1. The molecule has 0 radical (unpaired) electrons. The number of anilines is 1. The Kier molecular flexibility index (Phi) is 6.12. The number of aromatic nitrogens is 2. The number of fused-ring (bicyclic) bond motifs is 2. The summed E-state index contributed by atoms with van der Waals surface area (Å²) >= 11 is 0. The van der Waals surface area contributed by atoms with Gasteiger partial charge in [-0.3, -0.25) is 0 Å². The van der Waals surface area contributed by atoms with Crippen molar-refractivity contribution in [1.82, 2.24) is 15.3 Å². The van der Waals surface area contributed by atoms with Crippen LogP contribution in [0.3, 0.4) is 0 Å². The molecule has 0 aliphatic carbocycles. The Morgan fingerprint density at radius 2 is 2.09 bits per heavy atom. The quantitative estimate of drug-likeness (QED) is 0.641. The van der Waals surface area contributed by atoms with E-state index in [2.05, 4.69) is 59.6 Å². The van der Waals surface area contributed by atoms with Crippen LogP contribution in [0.2, 0.25) is 0 Å². The van der Waals surface area contributed by atoms with E-state index in [4.69, 9.17) is 24.7 Å². The molecular formula is C26H29N5O2. The van der Waals surface area contributed by atoms with Crippen LogP contribution in [0.5, 0.6) is 6.01 Å². The lowest BCUT2D eigenvalue weighted by Crippen LogP contribution is -2.51. The first-order valence-electron chi connectivity index (χ1n) is 11.7. The summed E-state index contributed by atoms with van der Waals surface area (Å²) in [6.45, 7) is 7.43. The van der Waals surface area contributed by atoms with Gasteiger partial charge in [-0.2, -0.15) is 15.2 Å². The van der Waals surface area contributed by atoms with E-state index in [0.29, 0.717) is 32.1 Å².